The maximum absolute atomic E-state index is 12.2. The molecule has 2 fully saturated rings. The highest BCUT2D eigenvalue weighted by molar-refractivity contribution is 5.91. The van der Waals surface area contributed by atoms with Crippen molar-refractivity contribution in [1.82, 2.24) is 20.3 Å². The third-order valence-electron chi connectivity index (χ3n) is 4.61. The highest BCUT2D eigenvalue weighted by Crippen LogP contribution is 2.20. The molecular formula is C16H20N6O2. The highest BCUT2D eigenvalue weighted by atomic mass is 16.5. The molecule has 2 aliphatic rings. The van der Waals surface area contributed by atoms with Crippen LogP contribution in [0.1, 0.15) is 23.4 Å². The van der Waals surface area contributed by atoms with Crippen LogP contribution in [0.3, 0.4) is 0 Å². The first-order chi connectivity index (χ1) is 11.8. The minimum Gasteiger partial charge on any atom is -0.355 e. The van der Waals surface area contributed by atoms with E-state index in [1.165, 1.54) is 19.0 Å². The van der Waals surface area contributed by atoms with Crippen molar-refractivity contribution in [2.24, 2.45) is 0 Å². The summed E-state index contributed by atoms with van der Waals surface area (Å²) in [5.41, 5.74) is 0. The number of anilines is 2. The van der Waals surface area contributed by atoms with Crippen LogP contribution in [-0.4, -0.2) is 65.4 Å². The monoisotopic (exact) mass is 328 g/mol. The van der Waals surface area contributed by atoms with E-state index in [4.69, 9.17) is 4.52 Å². The van der Waals surface area contributed by atoms with E-state index in [0.717, 1.165) is 37.8 Å². The van der Waals surface area contributed by atoms with Crippen LogP contribution >= 0.6 is 0 Å². The van der Waals surface area contributed by atoms with Crippen molar-refractivity contribution < 1.29 is 9.32 Å². The molecule has 126 valence electrons. The minimum absolute atomic E-state index is 0.109. The van der Waals surface area contributed by atoms with E-state index >= 15 is 0 Å². The third kappa shape index (κ3) is 2.91. The van der Waals surface area contributed by atoms with Crippen LogP contribution in [0.15, 0.2) is 28.9 Å². The van der Waals surface area contributed by atoms with Gasteiger partial charge in [-0.3, -0.25) is 4.79 Å². The lowest BCUT2D eigenvalue weighted by Gasteiger charge is -2.34. The third-order valence-corrected chi connectivity index (χ3v) is 4.61. The van der Waals surface area contributed by atoms with Gasteiger partial charge in [0.05, 0.1) is 6.20 Å². The summed E-state index contributed by atoms with van der Waals surface area (Å²) in [6.45, 7) is 4.87. The second-order valence-corrected chi connectivity index (χ2v) is 6.10. The summed E-state index contributed by atoms with van der Waals surface area (Å²) in [7, 11) is 0. The molecule has 2 saturated heterocycles. The Morgan fingerprint density at radius 3 is 2.04 bits per heavy atom. The minimum atomic E-state index is -0.109. The van der Waals surface area contributed by atoms with Crippen LogP contribution in [0.2, 0.25) is 0 Å². The fourth-order valence-corrected chi connectivity index (χ4v) is 3.22. The number of amides is 1. The van der Waals surface area contributed by atoms with Gasteiger partial charge in [-0.2, -0.15) is 0 Å². The number of rotatable bonds is 3. The predicted molar refractivity (Wildman–Crippen MR) is 88.1 cm³/mol. The standard InChI is InChI=1S/C16H20N6O2/c23-16(13-5-6-17-24-13)22-11-9-21(10-12-22)15-4-3-14(18-19-15)20-7-1-2-8-20/h3-6H,1-2,7-12H2. The average molecular weight is 328 g/mol. The fraction of sp³-hybridized carbons (Fsp3) is 0.500. The molecule has 0 bridgehead atoms. The van der Waals surface area contributed by atoms with Gasteiger partial charge in [-0.15, -0.1) is 10.2 Å². The van der Waals surface area contributed by atoms with Crippen LogP contribution < -0.4 is 9.80 Å². The molecule has 0 aliphatic carbocycles. The van der Waals surface area contributed by atoms with Gasteiger partial charge in [-0.05, 0) is 25.0 Å². The van der Waals surface area contributed by atoms with E-state index in [0.29, 0.717) is 18.8 Å². The Morgan fingerprint density at radius 2 is 1.50 bits per heavy atom. The topological polar surface area (TPSA) is 78.6 Å². The summed E-state index contributed by atoms with van der Waals surface area (Å²) in [4.78, 5) is 18.4. The molecule has 4 rings (SSSR count). The van der Waals surface area contributed by atoms with Crippen LogP contribution in [0.5, 0.6) is 0 Å². The van der Waals surface area contributed by atoms with E-state index in [-0.39, 0.29) is 5.91 Å². The molecule has 8 heteroatoms. The first kappa shape index (κ1) is 14.9. The van der Waals surface area contributed by atoms with Crippen molar-refractivity contribution in [3.05, 3.63) is 30.2 Å². The summed E-state index contributed by atoms with van der Waals surface area (Å²) in [6.07, 6.45) is 3.94. The maximum Gasteiger partial charge on any atom is 0.292 e. The van der Waals surface area contributed by atoms with Crippen LogP contribution in [-0.2, 0) is 0 Å². The molecule has 0 unspecified atom stereocenters. The number of carbonyl (C=O) groups is 1. The number of hydrogen-bond donors (Lipinski definition) is 0. The lowest BCUT2D eigenvalue weighted by Crippen LogP contribution is -2.49. The van der Waals surface area contributed by atoms with Crippen LogP contribution in [0, 0.1) is 0 Å². The lowest BCUT2D eigenvalue weighted by atomic mass is 10.3. The summed E-state index contributed by atoms with van der Waals surface area (Å²) < 4.78 is 4.94. The average Bonchev–Trinajstić information content (AvgIpc) is 3.35. The van der Waals surface area contributed by atoms with Gasteiger partial charge in [0.1, 0.15) is 0 Å². The molecule has 2 aromatic heterocycles. The number of nitrogens with zero attached hydrogens (tertiary/aromatic N) is 6. The molecule has 0 radical (unpaired) electrons. The zero-order chi connectivity index (χ0) is 16.4. The van der Waals surface area contributed by atoms with Gasteiger partial charge >= 0.3 is 0 Å². The predicted octanol–water partition coefficient (Wildman–Crippen LogP) is 1.03. The summed E-state index contributed by atoms with van der Waals surface area (Å²) in [5.74, 6) is 2.00. The normalized spacial score (nSPS) is 18.2. The molecule has 0 aromatic carbocycles. The van der Waals surface area contributed by atoms with E-state index < -0.39 is 0 Å². The second-order valence-electron chi connectivity index (χ2n) is 6.10. The van der Waals surface area contributed by atoms with E-state index in [2.05, 4.69) is 25.2 Å². The van der Waals surface area contributed by atoms with Crippen molar-refractivity contribution in [2.75, 3.05) is 49.1 Å². The summed E-state index contributed by atoms with van der Waals surface area (Å²) in [5, 5.41) is 12.3. The SMILES string of the molecule is O=C(c1ccno1)N1CCN(c2ccc(N3CCCC3)nn2)CC1. The van der Waals surface area contributed by atoms with Gasteiger partial charge < -0.3 is 19.2 Å². The van der Waals surface area contributed by atoms with Gasteiger partial charge in [0.2, 0.25) is 5.76 Å². The number of carbonyl (C=O) groups excluding carboxylic acids is 1. The molecule has 24 heavy (non-hydrogen) atoms. The molecular weight excluding hydrogens is 308 g/mol. The van der Waals surface area contributed by atoms with Crippen LogP contribution in [0.25, 0.3) is 0 Å². The number of piperazine rings is 1. The van der Waals surface area contributed by atoms with E-state index in [1.807, 2.05) is 12.1 Å². The Hall–Kier alpha value is -2.64. The van der Waals surface area contributed by atoms with Crippen LogP contribution in [0.4, 0.5) is 11.6 Å². The molecule has 0 atom stereocenters. The highest BCUT2D eigenvalue weighted by Gasteiger charge is 2.25. The Balaban J connectivity index is 1.36. The number of hydrogen-bond acceptors (Lipinski definition) is 7. The first-order valence-electron chi connectivity index (χ1n) is 8.35. The van der Waals surface area contributed by atoms with Gasteiger partial charge in [0.15, 0.2) is 11.6 Å². The fourth-order valence-electron chi connectivity index (χ4n) is 3.22. The van der Waals surface area contributed by atoms with Gasteiger partial charge in [-0.25, -0.2) is 0 Å². The molecule has 0 saturated carbocycles. The Labute approximate surface area is 140 Å². The van der Waals surface area contributed by atoms with Crippen molar-refractivity contribution in [2.45, 2.75) is 12.8 Å². The first-order valence-corrected chi connectivity index (χ1v) is 8.35. The van der Waals surface area contributed by atoms with Crippen molar-refractivity contribution >= 4 is 17.5 Å². The van der Waals surface area contributed by atoms with Gasteiger partial charge in [0, 0.05) is 45.3 Å². The molecule has 0 N–H and O–H groups in total. The largest absolute Gasteiger partial charge is 0.355 e. The molecule has 2 aliphatic heterocycles. The Morgan fingerprint density at radius 1 is 0.875 bits per heavy atom. The smallest absolute Gasteiger partial charge is 0.292 e. The van der Waals surface area contributed by atoms with E-state index in [1.54, 1.807) is 11.0 Å². The van der Waals surface area contributed by atoms with Crippen molar-refractivity contribution in [3.63, 3.8) is 0 Å². The molecule has 0 spiro atoms. The van der Waals surface area contributed by atoms with Gasteiger partial charge in [0.25, 0.3) is 5.91 Å². The quantitative estimate of drug-likeness (QED) is 0.832. The zero-order valence-electron chi connectivity index (χ0n) is 13.5. The zero-order valence-corrected chi connectivity index (χ0v) is 13.5. The summed E-state index contributed by atoms with van der Waals surface area (Å²) >= 11 is 0. The Kier molecular flexibility index (Phi) is 4.02. The molecule has 4 heterocycles. The number of aromatic nitrogens is 3. The lowest BCUT2D eigenvalue weighted by molar-refractivity contribution is 0.0704. The molecule has 8 nitrogen and oxygen atoms in total. The summed E-state index contributed by atoms with van der Waals surface area (Å²) in [6, 6.07) is 5.66. The van der Waals surface area contributed by atoms with Crippen molar-refractivity contribution in [1.29, 1.82) is 0 Å². The van der Waals surface area contributed by atoms with Crippen molar-refractivity contribution in [3.8, 4) is 0 Å². The van der Waals surface area contributed by atoms with E-state index in [9.17, 15) is 4.79 Å². The Bertz CT molecular complexity index is 673. The van der Waals surface area contributed by atoms with Gasteiger partial charge in [-0.1, -0.05) is 5.16 Å². The second kappa shape index (κ2) is 6.46. The molecule has 2 aromatic rings. The maximum atomic E-state index is 12.2. The molecule has 1 amide bonds.